The van der Waals surface area contributed by atoms with Gasteiger partial charge in [0, 0.05) is 11.4 Å². The third-order valence-electron chi connectivity index (χ3n) is 3.06. The van der Waals surface area contributed by atoms with E-state index in [-0.39, 0.29) is 0 Å². The second-order valence-corrected chi connectivity index (χ2v) is 4.67. The molecular formula is C13H20N2. The van der Waals surface area contributed by atoms with Gasteiger partial charge in [-0.1, -0.05) is 0 Å². The lowest BCUT2D eigenvalue weighted by Gasteiger charge is -2.22. The van der Waals surface area contributed by atoms with Gasteiger partial charge in [-0.3, -0.25) is 4.98 Å². The molecule has 1 unspecified atom stereocenters. The van der Waals surface area contributed by atoms with Gasteiger partial charge in [0.05, 0.1) is 0 Å². The number of aromatic nitrogens is 1. The summed E-state index contributed by atoms with van der Waals surface area (Å²) in [5.41, 5.74) is 3.75. The number of pyridine rings is 1. The monoisotopic (exact) mass is 204 g/mol. The molecule has 0 bridgehead atoms. The molecule has 2 nitrogen and oxygen atoms in total. The number of nitrogens with zero attached hydrogens (tertiary/aromatic N) is 1. The van der Waals surface area contributed by atoms with Crippen LogP contribution in [0.3, 0.4) is 0 Å². The molecule has 0 radical (unpaired) electrons. The summed E-state index contributed by atoms with van der Waals surface area (Å²) in [6, 6.07) is 4.45. The van der Waals surface area contributed by atoms with Crippen molar-refractivity contribution in [1.29, 1.82) is 0 Å². The highest BCUT2D eigenvalue weighted by molar-refractivity contribution is 5.20. The fourth-order valence-electron chi connectivity index (χ4n) is 2.47. The molecule has 15 heavy (non-hydrogen) atoms. The predicted molar refractivity (Wildman–Crippen MR) is 63.0 cm³/mol. The fourth-order valence-corrected chi connectivity index (χ4v) is 2.47. The van der Waals surface area contributed by atoms with Crippen LogP contribution in [-0.4, -0.2) is 18.1 Å². The third-order valence-corrected chi connectivity index (χ3v) is 3.06. The van der Waals surface area contributed by atoms with Crippen LogP contribution in [0.5, 0.6) is 0 Å². The molecule has 1 aliphatic rings. The molecule has 1 aromatic heterocycles. The Bertz CT molecular complexity index is 307. The summed E-state index contributed by atoms with van der Waals surface area (Å²) in [5, 5.41) is 3.47. The molecular weight excluding hydrogens is 184 g/mol. The van der Waals surface area contributed by atoms with E-state index >= 15 is 0 Å². The number of hydrogen-bond acceptors (Lipinski definition) is 2. The van der Waals surface area contributed by atoms with Crippen molar-refractivity contribution in [2.24, 2.45) is 5.92 Å². The van der Waals surface area contributed by atoms with Gasteiger partial charge in [0.25, 0.3) is 0 Å². The lowest BCUT2D eigenvalue weighted by molar-refractivity contribution is 0.376. The Morgan fingerprint density at radius 2 is 2.07 bits per heavy atom. The highest BCUT2D eigenvalue weighted by Gasteiger charge is 2.13. The van der Waals surface area contributed by atoms with E-state index in [1.54, 1.807) is 0 Å². The van der Waals surface area contributed by atoms with Crippen molar-refractivity contribution in [1.82, 2.24) is 10.3 Å². The normalized spacial score (nSPS) is 21.6. The number of nitrogens with one attached hydrogen (secondary N) is 1. The average Bonchev–Trinajstić information content (AvgIpc) is 2.17. The second kappa shape index (κ2) is 4.75. The van der Waals surface area contributed by atoms with Crippen LogP contribution >= 0.6 is 0 Å². The summed E-state index contributed by atoms with van der Waals surface area (Å²) in [4.78, 5) is 4.41. The van der Waals surface area contributed by atoms with Crippen molar-refractivity contribution in [3.05, 3.63) is 29.1 Å². The Balaban J connectivity index is 2.02. The molecule has 1 saturated heterocycles. The Kier molecular flexibility index (Phi) is 3.37. The highest BCUT2D eigenvalue weighted by atomic mass is 14.9. The smallest absolute Gasteiger partial charge is 0.0378 e. The van der Waals surface area contributed by atoms with E-state index in [1.165, 1.54) is 37.9 Å². The van der Waals surface area contributed by atoms with Crippen molar-refractivity contribution in [3.63, 3.8) is 0 Å². The molecule has 0 spiro atoms. The molecule has 0 amide bonds. The highest BCUT2D eigenvalue weighted by Crippen LogP contribution is 2.17. The number of aryl methyl sites for hydroxylation is 2. The van der Waals surface area contributed by atoms with Gasteiger partial charge in [0.2, 0.25) is 0 Å². The number of piperidine rings is 1. The Morgan fingerprint density at radius 3 is 2.67 bits per heavy atom. The van der Waals surface area contributed by atoms with E-state index in [9.17, 15) is 0 Å². The van der Waals surface area contributed by atoms with Crippen LogP contribution in [0.2, 0.25) is 0 Å². The van der Waals surface area contributed by atoms with Crippen LogP contribution in [0.1, 0.15) is 29.8 Å². The standard InChI is InChI=1S/C13H20N2/c1-10-6-13(7-11(2)15-10)8-12-4-3-5-14-9-12/h6-7,12,14H,3-5,8-9H2,1-2H3. The minimum atomic E-state index is 0.819. The molecule has 0 aromatic carbocycles. The van der Waals surface area contributed by atoms with Gasteiger partial charge in [0.1, 0.15) is 0 Å². The predicted octanol–water partition coefficient (Wildman–Crippen LogP) is 2.24. The van der Waals surface area contributed by atoms with E-state index < -0.39 is 0 Å². The summed E-state index contributed by atoms with van der Waals surface area (Å²) >= 11 is 0. The molecule has 1 N–H and O–H groups in total. The summed E-state index contributed by atoms with van der Waals surface area (Å²) in [7, 11) is 0. The van der Waals surface area contributed by atoms with Crippen molar-refractivity contribution < 1.29 is 0 Å². The Hall–Kier alpha value is -0.890. The molecule has 1 fully saturated rings. The minimum absolute atomic E-state index is 0.819. The number of hydrogen-bond donors (Lipinski definition) is 1. The summed E-state index contributed by atoms with van der Waals surface area (Å²) < 4.78 is 0. The minimum Gasteiger partial charge on any atom is -0.316 e. The average molecular weight is 204 g/mol. The maximum Gasteiger partial charge on any atom is 0.0378 e. The Morgan fingerprint density at radius 1 is 1.33 bits per heavy atom. The van der Waals surface area contributed by atoms with Crippen LogP contribution in [-0.2, 0) is 6.42 Å². The van der Waals surface area contributed by atoms with E-state index in [4.69, 9.17) is 0 Å². The van der Waals surface area contributed by atoms with Gasteiger partial charge in [0.15, 0.2) is 0 Å². The van der Waals surface area contributed by atoms with Crippen LogP contribution in [0.15, 0.2) is 12.1 Å². The first kappa shape index (κ1) is 10.6. The molecule has 0 saturated carbocycles. The van der Waals surface area contributed by atoms with Crippen LogP contribution in [0, 0.1) is 19.8 Å². The van der Waals surface area contributed by atoms with Crippen molar-refractivity contribution in [3.8, 4) is 0 Å². The van der Waals surface area contributed by atoms with E-state index in [0.29, 0.717) is 0 Å². The Labute approximate surface area is 92.1 Å². The zero-order chi connectivity index (χ0) is 10.7. The van der Waals surface area contributed by atoms with Crippen LogP contribution in [0.4, 0.5) is 0 Å². The maximum atomic E-state index is 4.41. The van der Waals surface area contributed by atoms with Gasteiger partial charge < -0.3 is 5.32 Å². The quantitative estimate of drug-likeness (QED) is 0.799. The molecule has 1 aromatic rings. The third kappa shape index (κ3) is 3.03. The largest absolute Gasteiger partial charge is 0.316 e. The second-order valence-electron chi connectivity index (χ2n) is 4.67. The summed E-state index contributed by atoms with van der Waals surface area (Å²) in [6.45, 7) is 6.54. The van der Waals surface area contributed by atoms with Crippen molar-refractivity contribution in [2.75, 3.05) is 13.1 Å². The van der Waals surface area contributed by atoms with Crippen molar-refractivity contribution in [2.45, 2.75) is 33.1 Å². The van der Waals surface area contributed by atoms with Crippen LogP contribution in [0.25, 0.3) is 0 Å². The van der Waals surface area contributed by atoms with Crippen molar-refractivity contribution >= 4 is 0 Å². The van der Waals surface area contributed by atoms with Gasteiger partial charge in [-0.05, 0) is 69.8 Å². The zero-order valence-electron chi connectivity index (χ0n) is 9.71. The van der Waals surface area contributed by atoms with E-state index in [1.807, 2.05) is 0 Å². The first-order chi connectivity index (χ1) is 7.24. The van der Waals surface area contributed by atoms with Gasteiger partial charge in [-0.2, -0.15) is 0 Å². The van der Waals surface area contributed by atoms with E-state index in [2.05, 4.69) is 36.3 Å². The van der Waals surface area contributed by atoms with Gasteiger partial charge >= 0.3 is 0 Å². The SMILES string of the molecule is Cc1cc(CC2CCCNC2)cc(C)n1. The number of rotatable bonds is 2. The lowest BCUT2D eigenvalue weighted by Crippen LogP contribution is -2.30. The maximum absolute atomic E-state index is 4.41. The topological polar surface area (TPSA) is 24.9 Å². The first-order valence-electron chi connectivity index (χ1n) is 5.89. The summed E-state index contributed by atoms with van der Waals surface area (Å²) in [5.74, 6) is 0.819. The lowest BCUT2D eigenvalue weighted by atomic mass is 9.92. The molecule has 2 heterocycles. The first-order valence-corrected chi connectivity index (χ1v) is 5.89. The molecule has 82 valence electrons. The van der Waals surface area contributed by atoms with Crippen LogP contribution < -0.4 is 5.32 Å². The molecule has 1 aliphatic heterocycles. The fraction of sp³-hybridized carbons (Fsp3) is 0.615. The summed E-state index contributed by atoms with van der Waals surface area (Å²) in [6.07, 6.45) is 3.90. The zero-order valence-corrected chi connectivity index (χ0v) is 9.71. The van der Waals surface area contributed by atoms with Gasteiger partial charge in [-0.15, -0.1) is 0 Å². The van der Waals surface area contributed by atoms with E-state index in [0.717, 1.165) is 17.3 Å². The molecule has 2 heteroatoms. The van der Waals surface area contributed by atoms with Gasteiger partial charge in [-0.25, -0.2) is 0 Å². The molecule has 2 rings (SSSR count). The molecule has 1 atom stereocenters. The molecule has 0 aliphatic carbocycles.